The van der Waals surface area contributed by atoms with Crippen LogP contribution < -0.4 is 11.1 Å². The van der Waals surface area contributed by atoms with Crippen molar-refractivity contribution in [1.82, 2.24) is 19.6 Å². The molecule has 0 bridgehead atoms. The van der Waals surface area contributed by atoms with Crippen LogP contribution >= 0.6 is 0 Å². The molecule has 6 heteroatoms. The third-order valence-electron chi connectivity index (χ3n) is 4.01. The number of fused-ring (bicyclic) bond motifs is 1. The van der Waals surface area contributed by atoms with Gasteiger partial charge in [-0.3, -0.25) is 4.40 Å². The van der Waals surface area contributed by atoms with Crippen molar-refractivity contribution < 1.29 is 0 Å². The summed E-state index contributed by atoms with van der Waals surface area (Å²) in [7, 11) is 0. The van der Waals surface area contributed by atoms with Crippen molar-refractivity contribution in [2.24, 2.45) is 11.7 Å². The minimum Gasteiger partial charge on any atom is -0.363 e. The van der Waals surface area contributed by atoms with E-state index in [-0.39, 0.29) is 6.04 Å². The van der Waals surface area contributed by atoms with Crippen LogP contribution in [0, 0.1) is 5.92 Å². The number of rotatable bonds is 4. The predicted octanol–water partition coefficient (Wildman–Crippen LogP) is 1.44. The lowest BCUT2D eigenvalue weighted by molar-refractivity contribution is 0.320. The van der Waals surface area contributed by atoms with Gasteiger partial charge in [-0.25, -0.2) is 4.98 Å². The molecule has 2 aromatic heterocycles. The second-order valence-corrected chi connectivity index (χ2v) is 5.22. The van der Waals surface area contributed by atoms with Crippen LogP contribution in [0.2, 0.25) is 0 Å². The summed E-state index contributed by atoms with van der Waals surface area (Å²) in [5.41, 5.74) is 6.70. The van der Waals surface area contributed by atoms with E-state index < -0.39 is 0 Å². The summed E-state index contributed by atoms with van der Waals surface area (Å²) in [5, 5.41) is 11.5. The van der Waals surface area contributed by atoms with E-state index in [2.05, 4.69) is 20.5 Å². The number of anilines is 1. The van der Waals surface area contributed by atoms with Gasteiger partial charge in [-0.1, -0.05) is 19.3 Å². The molecule has 0 radical (unpaired) electrons. The third-order valence-corrected chi connectivity index (χ3v) is 4.01. The lowest BCUT2D eigenvalue weighted by atomic mass is 9.84. The standard InChI is InChI=1S/C13H20N6/c14-8-11(10-4-2-1-3-5-10)17-12-13-18-16-9-19(13)7-6-15-12/h6-7,9-11H,1-5,8,14H2,(H,15,17). The number of hydrogen-bond acceptors (Lipinski definition) is 5. The summed E-state index contributed by atoms with van der Waals surface area (Å²) in [5.74, 6) is 1.42. The van der Waals surface area contributed by atoms with Crippen LogP contribution in [-0.2, 0) is 0 Å². The molecular formula is C13H20N6. The van der Waals surface area contributed by atoms with Gasteiger partial charge >= 0.3 is 0 Å². The van der Waals surface area contributed by atoms with Crippen LogP contribution in [0.3, 0.4) is 0 Å². The highest BCUT2D eigenvalue weighted by Crippen LogP contribution is 2.28. The molecule has 1 saturated carbocycles. The van der Waals surface area contributed by atoms with Gasteiger partial charge in [-0.15, -0.1) is 10.2 Å². The molecule has 1 fully saturated rings. The number of hydrogen-bond donors (Lipinski definition) is 2. The van der Waals surface area contributed by atoms with Crippen molar-refractivity contribution in [3.8, 4) is 0 Å². The SMILES string of the molecule is NCC(Nc1nccn2cnnc12)C1CCCCC1. The van der Waals surface area contributed by atoms with Gasteiger partial charge in [0.15, 0.2) is 5.82 Å². The highest BCUT2D eigenvalue weighted by atomic mass is 15.2. The minimum absolute atomic E-state index is 0.274. The largest absolute Gasteiger partial charge is 0.363 e. The molecule has 1 unspecified atom stereocenters. The minimum atomic E-state index is 0.274. The van der Waals surface area contributed by atoms with Gasteiger partial charge in [-0.2, -0.15) is 0 Å². The highest BCUT2D eigenvalue weighted by Gasteiger charge is 2.23. The Kier molecular flexibility index (Phi) is 3.59. The van der Waals surface area contributed by atoms with Crippen LogP contribution in [0.4, 0.5) is 5.82 Å². The second-order valence-electron chi connectivity index (χ2n) is 5.22. The topological polar surface area (TPSA) is 81.1 Å². The van der Waals surface area contributed by atoms with Crippen LogP contribution in [0.1, 0.15) is 32.1 Å². The third kappa shape index (κ3) is 2.53. The molecule has 0 aromatic carbocycles. The van der Waals surface area contributed by atoms with Crippen LogP contribution in [0.25, 0.3) is 5.65 Å². The molecule has 102 valence electrons. The molecule has 0 saturated heterocycles. The van der Waals surface area contributed by atoms with Crippen molar-refractivity contribution in [3.63, 3.8) is 0 Å². The van der Waals surface area contributed by atoms with E-state index >= 15 is 0 Å². The Hall–Kier alpha value is -1.69. The Morgan fingerprint density at radius 3 is 3.00 bits per heavy atom. The fourth-order valence-electron chi connectivity index (χ4n) is 2.94. The molecule has 6 nitrogen and oxygen atoms in total. The van der Waals surface area contributed by atoms with Gasteiger partial charge in [0.1, 0.15) is 6.33 Å². The quantitative estimate of drug-likeness (QED) is 0.869. The first-order chi connectivity index (χ1) is 9.38. The Bertz CT molecular complexity index is 531. The molecule has 2 heterocycles. The van der Waals surface area contributed by atoms with E-state index in [9.17, 15) is 0 Å². The zero-order chi connectivity index (χ0) is 13.1. The Labute approximate surface area is 112 Å². The maximum absolute atomic E-state index is 5.94. The maximum Gasteiger partial charge on any atom is 0.203 e. The molecule has 3 N–H and O–H groups in total. The molecule has 0 aliphatic heterocycles. The summed E-state index contributed by atoms with van der Waals surface area (Å²) in [4.78, 5) is 4.37. The molecular weight excluding hydrogens is 240 g/mol. The normalized spacial score (nSPS) is 18.6. The van der Waals surface area contributed by atoms with E-state index in [0.29, 0.717) is 12.5 Å². The summed E-state index contributed by atoms with van der Waals surface area (Å²) in [6.45, 7) is 0.627. The fourth-order valence-corrected chi connectivity index (χ4v) is 2.94. The molecule has 1 atom stereocenters. The monoisotopic (exact) mass is 260 g/mol. The molecule has 0 amide bonds. The van der Waals surface area contributed by atoms with Crippen molar-refractivity contribution in [2.75, 3.05) is 11.9 Å². The molecule has 3 rings (SSSR count). The van der Waals surface area contributed by atoms with Crippen LogP contribution in [0.15, 0.2) is 18.7 Å². The maximum atomic E-state index is 5.94. The predicted molar refractivity (Wildman–Crippen MR) is 73.8 cm³/mol. The zero-order valence-corrected chi connectivity index (χ0v) is 11.0. The van der Waals surface area contributed by atoms with E-state index in [1.807, 2.05) is 10.6 Å². The first-order valence-corrected chi connectivity index (χ1v) is 6.99. The zero-order valence-electron chi connectivity index (χ0n) is 11.0. The van der Waals surface area contributed by atoms with Gasteiger partial charge in [0.05, 0.1) is 0 Å². The molecule has 1 aliphatic carbocycles. The fraction of sp³-hybridized carbons (Fsp3) is 0.615. The summed E-state index contributed by atoms with van der Waals surface area (Å²) in [6.07, 6.45) is 11.8. The first-order valence-electron chi connectivity index (χ1n) is 6.99. The smallest absolute Gasteiger partial charge is 0.203 e. The van der Waals surface area contributed by atoms with E-state index in [4.69, 9.17) is 5.73 Å². The Morgan fingerprint density at radius 2 is 2.21 bits per heavy atom. The van der Waals surface area contributed by atoms with Gasteiger partial charge < -0.3 is 11.1 Å². The van der Waals surface area contributed by atoms with Gasteiger partial charge in [0.25, 0.3) is 0 Å². The van der Waals surface area contributed by atoms with Crippen LogP contribution in [0.5, 0.6) is 0 Å². The number of aromatic nitrogens is 4. The Morgan fingerprint density at radius 1 is 1.37 bits per heavy atom. The summed E-state index contributed by atoms with van der Waals surface area (Å²) >= 11 is 0. The van der Waals surface area contributed by atoms with E-state index in [1.165, 1.54) is 32.1 Å². The average Bonchev–Trinajstić information content (AvgIpc) is 2.95. The molecule has 1 aliphatic rings. The van der Waals surface area contributed by atoms with Crippen molar-refractivity contribution in [3.05, 3.63) is 18.7 Å². The number of nitrogens with zero attached hydrogens (tertiary/aromatic N) is 4. The van der Waals surface area contributed by atoms with Crippen molar-refractivity contribution in [2.45, 2.75) is 38.1 Å². The van der Waals surface area contributed by atoms with E-state index in [1.54, 1.807) is 12.5 Å². The van der Waals surface area contributed by atoms with Crippen molar-refractivity contribution >= 4 is 11.5 Å². The molecule has 0 spiro atoms. The first kappa shape index (κ1) is 12.3. The van der Waals surface area contributed by atoms with E-state index in [0.717, 1.165) is 11.5 Å². The summed E-state index contributed by atoms with van der Waals surface area (Å²) in [6, 6.07) is 0.274. The molecule has 2 aromatic rings. The van der Waals surface area contributed by atoms with Crippen LogP contribution in [-0.4, -0.2) is 32.2 Å². The van der Waals surface area contributed by atoms with Gasteiger partial charge in [0, 0.05) is 25.0 Å². The average molecular weight is 260 g/mol. The lowest BCUT2D eigenvalue weighted by Crippen LogP contribution is -2.37. The lowest BCUT2D eigenvalue weighted by Gasteiger charge is -2.30. The summed E-state index contributed by atoms with van der Waals surface area (Å²) < 4.78 is 1.86. The second kappa shape index (κ2) is 5.52. The van der Waals surface area contributed by atoms with Crippen molar-refractivity contribution in [1.29, 1.82) is 0 Å². The Balaban J connectivity index is 1.79. The number of nitrogens with one attached hydrogen (secondary N) is 1. The molecule has 19 heavy (non-hydrogen) atoms. The number of nitrogens with two attached hydrogens (primary N) is 1. The van der Waals surface area contributed by atoms with Gasteiger partial charge in [-0.05, 0) is 18.8 Å². The van der Waals surface area contributed by atoms with Gasteiger partial charge in [0.2, 0.25) is 5.65 Å². The highest BCUT2D eigenvalue weighted by molar-refractivity contribution is 5.61.